The molecule has 29 heavy (non-hydrogen) atoms. The fourth-order valence-electron chi connectivity index (χ4n) is 3.18. The molecule has 1 aromatic heterocycles. The van der Waals surface area contributed by atoms with E-state index in [4.69, 9.17) is 11.6 Å². The summed E-state index contributed by atoms with van der Waals surface area (Å²) in [6.07, 6.45) is 3.46. The van der Waals surface area contributed by atoms with Crippen molar-refractivity contribution in [2.24, 2.45) is 0 Å². The second-order valence-corrected chi connectivity index (χ2v) is 8.22. The number of hydrogen-bond donors (Lipinski definition) is 0. The Bertz CT molecular complexity index is 1120. The highest BCUT2D eigenvalue weighted by Crippen LogP contribution is 2.41. The van der Waals surface area contributed by atoms with E-state index < -0.39 is 23.0 Å². The van der Waals surface area contributed by atoms with Gasteiger partial charge in [-0.25, -0.2) is 13.2 Å². The minimum Gasteiger partial charge on any atom is -0.308 e. The molecule has 0 fully saturated rings. The summed E-state index contributed by atoms with van der Waals surface area (Å²) in [6, 6.07) is 7.64. The molecule has 1 heterocycles. The van der Waals surface area contributed by atoms with Gasteiger partial charge in [0.25, 0.3) is 5.56 Å². The molecule has 8 heteroatoms. The standard InChI is InChI=1S/C21H17ClF3NOS2/c1-4-26-18(27)6-5-13(14-7-11(23)8-17(29-3)20(14)22)21(26)19-15(24)9-12(28-2)10-16(19)25/h5-10H,4H2,1-3H3. The lowest BCUT2D eigenvalue weighted by Gasteiger charge is -2.19. The lowest BCUT2D eigenvalue weighted by atomic mass is 9.97. The van der Waals surface area contributed by atoms with Gasteiger partial charge in [-0.1, -0.05) is 11.6 Å². The third kappa shape index (κ3) is 4.09. The molecule has 2 aromatic carbocycles. The summed E-state index contributed by atoms with van der Waals surface area (Å²) in [5.41, 5.74) is -0.191. The Morgan fingerprint density at radius 2 is 1.62 bits per heavy atom. The Morgan fingerprint density at radius 3 is 2.17 bits per heavy atom. The number of pyridine rings is 1. The molecule has 0 saturated heterocycles. The minimum atomic E-state index is -0.805. The van der Waals surface area contributed by atoms with Gasteiger partial charge < -0.3 is 4.57 Å². The van der Waals surface area contributed by atoms with Crippen molar-refractivity contribution in [1.29, 1.82) is 0 Å². The average Bonchev–Trinajstić information content (AvgIpc) is 2.69. The van der Waals surface area contributed by atoms with E-state index >= 15 is 0 Å². The zero-order valence-corrected chi connectivity index (χ0v) is 18.2. The van der Waals surface area contributed by atoms with E-state index in [1.165, 1.54) is 64.5 Å². The molecule has 0 unspecified atom stereocenters. The fourth-order valence-corrected chi connectivity index (χ4v) is 4.59. The van der Waals surface area contributed by atoms with Crippen molar-refractivity contribution in [3.63, 3.8) is 0 Å². The summed E-state index contributed by atoms with van der Waals surface area (Å²) in [4.78, 5) is 13.4. The Hall–Kier alpha value is -1.83. The quantitative estimate of drug-likeness (QED) is 0.399. The van der Waals surface area contributed by atoms with E-state index in [1.54, 1.807) is 19.4 Å². The van der Waals surface area contributed by atoms with Crippen LogP contribution in [0.25, 0.3) is 22.4 Å². The zero-order chi connectivity index (χ0) is 21.3. The number of rotatable bonds is 5. The molecule has 0 spiro atoms. The van der Waals surface area contributed by atoms with Crippen LogP contribution in [-0.4, -0.2) is 17.1 Å². The number of aromatic nitrogens is 1. The molecular weight excluding hydrogens is 439 g/mol. The first-order chi connectivity index (χ1) is 13.8. The molecule has 2 nitrogen and oxygen atoms in total. The minimum absolute atomic E-state index is 0.0298. The van der Waals surface area contributed by atoms with E-state index in [2.05, 4.69) is 0 Å². The first-order valence-electron chi connectivity index (χ1n) is 8.63. The fraction of sp³-hybridized carbons (Fsp3) is 0.190. The van der Waals surface area contributed by atoms with Crippen LogP contribution in [0.4, 0.5) is 13.2 Å². The lowest BCUT2D eigenvalue weighted by molar-refractivity contribution is 0.578. The molecule has 3 aromatic rings. The van der Waals surface area contributed by atoms with E-state index in [0.29, 0.717) is 9.79 Å². The lowest BCUT2D eigenvalue weighted by Crippen LogP contribution is -2.21. The molecule has 0 atom stereocenters. The second-order valence-electron chi connectivity index (χ2n) is 6.11. The van der Waals surface area contributed by atoms with Crippen molar-refractivity contribution in [1.82, 2.24) is 4.57 Å². The van der Waals surface area contributed by atoms with E-state index in [0.717, 1.165) is 0 Å². The van der Waals surface area contributed by atoms with Crippen molar-refractivity contribution in [3.8, 4) is 22.4 Å². The average molecular weight is 456 g/mol. The van der Waals surface area contributed by atoms with Crippen LogP contribution in [0.15, 0.2) is 51.0 Å². The van der Waals surface area contributed by atoms with Gasteiger partial charge in [0, 0.05) is 33.5 Å². The Labute approximate surface area is 180 Å². The van der Waals surface area contributed by atoms with Crippen LogP contribution < -0.4 is 5.56 Å². The molecule has 0 amide bonds. The van der Waals surface area contributed by atoms with Gasteiger partial charge in [0.15, 0.2) is 0 Å². The normalized spacial score (nSPS) is 11.1. The predicted octanol–water partition coefficient (Wildman–Crippen LogP) is 6.72. The van der Waals surface area contributed by atoms with Crippen molar-refractivity contribution in [3.05, 3.63) is 69.2 Å². The number of thioether (sulfide) groups is 2. The highest BCUT2D eigenvalue weighted by molar-refractivity contribution is 7.98. The maximum atomic E-state index is 15.0. The third-order valence-electron chi connectivity index (χ3n) is 4.50. The van der Waals surface area contributed by atoms with E-state index in [-0.39, 0.29) is 34.0 Å². The zero-order valence-electron chi connectivity index (χ0n) is 15.9. The molecule has 0 aliphatic heterocycles. The number of hydrogen-bond acceptors (Lipinski definition) is 3. The molecule has 0 radical (unpaired) electrons. The first kappa shape index (κ1) is 21.9. The van der Waals surface area contributed by atoms with Crippen LogP contribution in [0.2, 0.25) is 5.02 Å². The van der Waals surface area contributed by atoms with E-state index in [1.807, 2.05) is 0 Å². The van der Waals surface area contributed by atoms with Gasteiger partial charge in [0.2, 0.25) is 0 Å². The summed E-state index contributed by atoms with van der Waals surface area (Å²) in [7, 11) is 0. The predicted molar refractivity (Wildman–Crippen MR) is 116 cm³/mol. The second kappa shape index (κ2) is 8.90. The van der Waals surface area contributed by atoms with Crippen LogP contribution in [0.3, 0.4) is 0 Å². The van der Waals surface area contributed by atoms with Gasteiger partial charge in [-0.15, -0.1) is 23.5 Å². The number of benzene rings is 2. The highest BCUT2D eigenvalue weighted by atomic mass is 35.5. The maximum Gasteiger partial charge on any atom is 0.251 e. The maximum absolute atomic E-state index is 15.0. The van der Waals surface area contributed by atoms with Gasteiger partial charge in [0.05, 0.1) is 16.3 Å². The summed E-state index contributed by atoms with van der Waals surface area (Å²) >= 11 is 8.93. The molecule has 3 rings (SSSR count). The summed E-state index contributed by atoms with van der Waals surface area (Å²) < 4.78 is 45.4. The van der Waals surface area contributed by atoms with Crippen LogP contribution in [0.1, 0.15) is 6.92 Å². The molecule has 0 aliphatic carbocycles. The SMILES string of the molecule is CCn1c(-c2c(F)cc(SC)cc2F)c(-c2cc(F)cc(SC)c2Cl)ccc1=O. The summed E-state index contributed by atoms with van der Waals surface area (Å²) in [5.74, 6) is -2.14. The van der Waals surface area contributed by atoms with Crippen LogP contribution in [0, 0.1) is 17.5 Å². The van der Waals surface area contributed by atoms with Gasteiger partial charge in [-0.3, -0.25) is 4.79 Å². The van der Waals surface area contributed by atoms with Crippen LogP contribution in [0.5, 0.6) is 0 Å². The van der Waals surface area contributed by atoms with Crippen LogP contribution in [-0.2, 0) is 6.54 Å². The topological polar surface area (TPSA) is 22.0 Å². The first-order valence-corrected chi connectivity index (χ1v) is 11.5. The highest BCUT2D eigenvalue weighted by Gasteiger charge is 2.23. The Morgan fingerprint density at radius 1 is 0.966 bits per heavy atom. The van der Waals surface area contributed by atoms with Gasteiger partial charge in [0.1, 0.15) is 17.5 Å². The number of halogens is 4. The molecule has 0 bridgehead atoms. The van der Waals surface area contributed by atoms with Gasteiger partial charge in [-0.2, -0.15) is 0 Å². The van der Waals surface area contributed by atoms with Crippen molar-refractivity contribution < 1.29 is 13.2 Å². The Kier molecular flexibility index (Phi) is 6.71. The van der Waals surface area contributed by atoms with Crippen LogP contribution >= 0.6 is 35.1 Å². The van der Waals surface area contributed by atoms with Crippen molar-refractivity contribution in [2.75, 3.05) is 12.5 Å². The molecule has 0 saturated carbocycles. The summed E-state index contributed by atoms with van der Waals surface area (Å²) in [6.45, 7) is 1.87. The van der Waals surface area contributed by atoms with Gasteiger partial charge >= 0.3 is 0 Å². The van der Waals surface area contributed by atoms with Crippen molar-refractivity contribution >= 4 is 35.1 Å². The molecule has 0 aliphatic rings. The Balaban J connectivity index is 2.46. The smallest absolute Gasteiger partial charge is 0.251 e. The third-order valence-corrected chi connectivity index (χ3v) is 6.49. The molecule has 0 N–H and O–H groups in total. The summed E-state index contributed by atoms with van der Waals surface area (Å²) in [5, 5.41) is 0.253. The number of nitrogens with zero attached hydrogens (tertiary/aromatic N) is 1. The van der Waals surface area contributed by atoms with Gasteiger partial charge in [-0.05, 0) is 49.8 Å². The molecular formula is C21H17ClF3NOS2. The van der Waals surface area contributed by atoms with Crippen molar-refractivity contribution in [2.45, 2.75) is 23.3 Å². The molecule has 152 valence electrons. The largest absolute Gasteiger partial charge is 0.308 e. The van der Waals surface area contributed by atoms with E-state index in [9.17, 15) is 18.0 Å². The monoisotopic (exact) mass is 455 g/mol.